The number of alkyl carbamates (subject to hydrolysis) is 2. The predicted molar refractivity (Wildman–Crippen MR) is 208 cm³/mol. The molecule has 5 unspecified atom stereocenters. The molecular weight excluding hydrogens is 755 g/mol. The molecule has 0 saturated heterocycles. The van der Waals surface area contributed by atoms with Crippen molar-refractivity contribution < 1.29 is 56.8 Å². The smallest absolute Gasteiger partial charge is 0.407 e. The van der Waals surface area contributed by atoms with Crippen LogP contribution in [0.15, 0.2) is 49.6 Å². The summed E-state index contributed by atoms with van der Waals surface area (Å²) in [6.45, 7) is 9.99. The van der Waals surface area contributed by atoms with Gasteiger partial charge < -0.3 is 43.9 Å². The van der Waals surface area contributed by atoms with Gasteiger partial charge in [-0.05, 0) is 76.5 Å². The average Bonchev–Trinajstić information content (AvgIpc) is 3.59. The van der Waals surface area contributed by atoms with Crippen molar-refractivity contribution in [3.8, 4) is 0 Å². The number of benzene rings is 1. The third-order valence-electron chi connectivity index (χ3n) is 13.8. The monoisotopic (exact) mass is 806 g/mol. The highest BCUT2D eigenvalue weighted by atomic mass is 19.1. The van der Waals surface area contributed by atoms with Crippen molar-refractivity contribution in [3.05, 3.63) is 68.8 Å². The van der Waals surface area contributed by atoms with Crippen molar-refractivity contribution >= 4 is 45.7 Å². The van der Waals surface area contributed by atoms with Gasteiger partial charge in [-0.1, -0.05) is 31.6 Å². The lowest BCUT2D eigenvalue weighted by Crippen LogP contribution is -2.69. The standard InChI is InChI=1S/C43H51FN2O12/c1-22-15-35(50)58-36-24(3)37-29(18-28(22)36)30(25(4)57-37)20-46-39(52)55-14-13-54-12-11-45-38(51)56-21-34(49)43(53)23(2)16-32-31-8-7-26-17-27(47)9-10-40(26,5)42(31,44)33(48)19-41(32,43)6/h7,9-10,15,18,23,31-33,48,53H,8,11-14,16-17,19-21H2,1-6H3,(H,45,51)(H,46,52)/t23-,31?,32?,33?,40?,41?,42+,43+/m1/s1. The zero-order valence-electron chi connectivity index (χ0n) is 33.6. The van der Waals surface area contributed by atoms with Crippen molar-refractivity contribution in [2.75, 3.05) is 33.0 Å². The van der Waals surface area contributed by atoms with Crippen LogP contribution in [0, 0.1) is 49.4 Å². The molecule has 4 aliphatic rings. The van der Waals surface area contributed by atoms with Gasteiger partial charge in [-0.25, -0.2) is 18.8 Å². The first-order chi connectivity index (χ1) is 27.4. The molecule has 0 spiro atoms. The number of fused-ring (bicyclic) bond motifs is 7. The number of amides is 2. The summed E-state index contributed by atoms with van der Waals surface area (Å²) >= 11 is 0. The Bertz CT molecular complexity index is 2310. The van der Waals surface area contributed by atoms with Crippen LogP contribution in [0.2, 0.25) is 0 Å². The summed E-state index contributed by atoms with van der Waals surface area (Å²) in [7, 11) is 0. The number of Topliss-reactive ketones (excluding diaryl/α,β-unsaturated/α-hetero) is 1. The van der Waals surface area contributed by atoms with Gasteiger partial charge in [0, 0.05) is 57.7 Å². The van der Waals surface area contributed by atoms with Gasteiger partial charge in [0.15, 0.2) is 18.1 Å². The van der Waals surface area contributed by atoms with E-state index in [9.17, 15) is 34.2 Å². The molecule has 58 heavy (non-hydrogen) atoms. The zero-order valence-corrected chi connectivity index (χ0v) is 33.6. The minimum Gasteiger partial charge on any atom is -0.461 e. The van der Waals surface area contributed by atoms with Crippen LogP contribution in [0.5, 0.6) is 0 Å². The lowest BCUT2D eigenvalue weighted by Gasteiger charge is -2.62. The van der Waals surface area contributed by atoms with Gasteiger partial charge in [-0.15, -0.1) is 0 Å². The summed E-state index contributed by atoms with van der Waals surface area (Å²) in [5, 5.41) is 30.4. The van der Waals surface area contributed by atoms with Crippen molar-refractivity contribution in [2.24, 2.45) is 28.6 Å². The fourth-order valence-electron chi connectivity index (χ4n) is 10.6. The maximum atomic E-state index is 17.4. The highest BCUT2D eigenvalue weighted by molar-refractivity contribution is 6.00. The number of carbonyl (C=O) groups excluding carboxylic acids is 4. The summed E-state index contributed by atoms with van der Waals surface area (Å²) in [6.07, 6.45) is 2.23. The normalized spacial score (nSPS) is 31.3. The Balaban J connectivity index is 0.844. The van der Waals surface area contributed by atoms with Gasteiger partial charge in [0.1, 0.15) is 29.1 Å². The molecule has 2 amide bonds. The van der Waals surface area contributed by atoms with Gasteiger partial charge in [0.25, 0.3) is 0 Å². The fraction of sp³-hybridized carbons (Fsp3) is 0.558. The molecule has 0 aliphatic heterocycles. The summed E-state index contributed by atoms with van der Waals surface area (Å²) in [5.41, 5.74) is -3.06. The molecule has 15 heteroatoms. The second-order valence-electron chi connectivity index (χ2n) is 16.8. The van der Waals surface area contributed by atoms with Crippen molar-refractivity contribution in [1.29, 1.82) is 0 Å². The molecular formula is C43H51FN2O12. The molecule has 14 nitrogen and oxygen atoms in total. The lowest BCUT2D eigenvalue weighted by atomic mass is 9.45. The van der Waals surface area contributed by atoms with Gasteiger partial charge in [0.2, 0.25) is 5.78 Å². The molecule has 0 bridgehead atoms. The second-order valence-corrected chi connectivity index (χ2v) is 16.8. The number of rotatable bonds is 11. The molecule has 7 rings (SSSR count). The van der Waals surface area contributed by atoms with Crippen LogP contribution in [0.25, 0.3) is 21.9 Å². The second kappa shape index (κ2) is 15.1. The number of aryl methyl sites for hydroxylation is 3. The minimum absolute atomic E-state index is 0.0181. The van der Waals surface area contributed by atoms with E-state index in [1.807, 2.05) is 26.0 Å². The number of furan rings is 1. The number of aliphatic hydroxyl groups is 2. The first kappa shape index (κ1) is 41.3. The van der Waals surface area contributed by atoms with Crippen LogP contribution in [0.1, 0.15) is 68.9 Å². The molecule has 3 aromatic rings. The van der Waals surface area contributed by atoms with Crippen molar-refractivity contribution in [1.82, 2.24) is 10.6 Å². The Morgan fingerprint density at radius 1 is 0.966 bits per heavy atom. The van der Waals surface area contributed by atoms with Gasteiger partial charge in [-0.2, -0.15) is 0 Å². The molecule has 2 heterocycles. The molecule has 4 aliphatic carbocycles. The van der Waals surface area contributed by atoms with E-state index in [-0.39, 0.29) is 58.0 Å². The Hall–Kier alpha value is -4.86. The van der Waals surface area contributed by atoms with E-state index >= 15 is 4.39 Å². The summed E-state index contributed by atoms with van der Waals surface area (Å²) in [6, 6.07) is 3.30. The highest BCUT2D eigenvalue weighted by Crippen LogP contribution is 2.70. The van der Waals surface area contributed by atoms with Gasteiger partial charge >= 0.3 is 17.8 Å². The van der Waals surface area contributed by atoms with E-state index in [0.29, 0.717) is 34.5 Å². The number of nitrogens with one attached hydrogen (secondary N) is 2. The highest BCUT2D eigenvalue weighted by Gasteiger charge is 2.75. The number of carbonyl (C=O) groups is 4. The molecule has 312 valence electrons. The number of ether oxygens (including phenoxy) is 3. The van der Waals surface area contributed by atoms with E-state index in [1.165, 1.54) is 12.1 Å². The van der Waals surface area contributed by atoms with E-state index in [1.54, 1.807) is 33.8 Å². The van der Waals surface area contributed by atoms with Crippen LogP contribution in [-0.4, -0.2) is 84.3 Å². The van der Waals surface area contributed by atoms with Gasteiger partial charge in [-0.3, -0.25) is 9.59 Å². The first-order valence-electron chi connectivity index (χ1n) is 19.8. The molecule has 4 N–H and O–H groups in total. The minimum atomic E-state index is -2.10. The molecule has 0 radical (unpaired) electrons. The SMILES string of the molecule is Cc1oc2c(C)c3oc(=O)cc(C)c3cc2c1CNC(=O)OCCOCCNC(=O)OCC(=O)[C@@]1(O)[C@H](C)CC2C3CC=C4CC(=O)C=CC4(C)[C@@]3(F)C(O)CC21C. The van der Waals surface area contributed by atoms with Crippen molar-refractivity contribution in [3.63, 3.8) is 0 Å². The van der Waals surface area contributed by atoms with E-state index in [2.05, 4.69) is 10.6 Å². The Morgan fingerprint density at radius 2 is 1.69 bits per heavy atom. The van der Waals surface area contributed by atoms with Crippen LogP contribution < -0.4 is 16.3 Å². The maximum Gasteiger partial charge on any atom is 0.407 e. The molecule has 1 aromatic carbocycles. The number of hydrogen-bond acceptors (Lipinski definition) is 12. The van der Waals surface area contributed by atoms with Crippen LogP contribution in [-0.2, 0) is 30.3 Å². The van der Waals surface area contributed by atoms with Gasteiger partial charge in [0.05, 0.1) is 25.9 Å². The molecule has 2 fully saturated rings. The molecule has 2 aromatic heterocycles. The van der Waals surface area contributed by atoms with E-state index in [0.717, 1.165) is 21.9 Å². The Labute approximate surface area is 334 Å². The van der Waals surface area contributed by atoms with Crippen LogP contribution in [0.3, 0.4) is 0 Å². The van der Waals surface area contributed by atoms with Crippen LogP contribution in [0.4, 0.5) is 14.0 Å². The summed E-state index contributed by atoms with van der Waals surface area (Å²) in [5.74, 6) is -2.03. The molecule has 2 saturated carbocycles. The predicted octanol–water partition coefficient (Wildman–Crippen LogP) is 5.35. The largest absolute Gasteiger partial charge is 0.461 e. The number of ketones is 2. The summed E-state index contributed by atoms with van der Waals surface area (Å²) in [4.78, 5) is 62.7. The summed E-state index contributed by atoms with van der Waals surface area (Å²) < 4.78 is 44.6. The van der Waals surface area contributed by atoms with Crippen LogP contribution >= 0.6 is 0 Å². The number of aliphatic hydroxyl groups excluding tert-OH is 1. The average molecular weight is 807 g/mol. The third-order valence-corrected chi connectivity index (χ3v) is 13.8. The zero-order chi connectivity index (χ0) is 41.9. The van der Waals surface area contributed by atoms with E-state index < -0.39 is 76.2 Å². The van der Waals surface area contributed by atoms with Crippen molar-refractivity contribution in [2.45, 2.75) is 91.1 Å². The molecule has 8 atom stereocenters. The quantitative estimate of drug-likeness (QED) is 0.110. The number of alkyl halides is 1. The number of allylic oxidation sites excluding steroid dienone is 4. The Kier molecular flexibility index (Phi) is 10.7. The van der Waals surface area contributed by atoms with E-state index in [4.69, 9.17) is 23.0 Å². The topological polar surface area (TPSA) is 204 Å². The third kappa shape index (κ3) is 6.45. The maximum absolute atomic E-state index is 17.4. The lowest BCUT2D eigenvalue weighted by molar-refractivity contribution is -0.215. The number of halogens is 1. The fourth-order valence-corrected chi connectivity index (χ4v) is 10.6. The number of hydrogen-bond donors (Lipinski definition) is 4. The Morgan fingerprint density at radius 3 is 2.45 bits per heavy atom. The first-order valence-corrected chi connectivity index (χ1v) is 19.8.